The van der Waals surface area contributed by atoms with E-state index in [4.69, 9.17) is 15.9 Å². The van der Waals surface area contributed by atoms with Crippen molar-refractivity contribution in [2.45, 2.75) is 52.1 Å². The fourth-order valence-electron chi connectivity index (χ4n) is 3.00. The van der Waals surface area contributed by atoms with Crippen LogP contribution in [0.2, 0.25) is 0 Å². The fourth-order valence-corrected chi connectivity index (χ4v) is 3.25. The average molecular weight is 596 g/mol. The number of anilines is 1. The predicted octanol–water partition coefficient (Wildman–Crippen LogP) is 2.05. The number of nitrogen functional groups attached to an aromatic ring is 1. The molecule has 4 aromatic heterocycles. The second kappa shape index (κ2) is 17.2. The first-order chi connectivity index (χ1) is 20.0. The number of carboxylic acids is 2. The van der Waals surface area contributed by atoms with Crippen molar-refractivity contribution in [3.05, 3.63) is 71.0 Å². The second-order valence-corrected chi connectivity index (χ2v) is 9.88. The van der Waals surface area contributed by atoms with Crippen LogP contribution in [0.3, 0.4) is 0 Å². The van der Waals surface area contributed by atoms with Crippen molar-refractivity contribution in [1.82, 2.24) is 50.8 Å². The summed E-state index contributed by atoms with van der Waals surface area (Å²) in [6, 6.07) is 7.18. The Balaban J connectivity index is 0.000000240. The Morgan fingerprint density at radius 1 is 0.762 bits per heavy atom. The summed E-state index contributed by atoms with van der Waals surface area (Å²) < 4.78 is 0. The third-order valence-corrected chi connectivity index (χ3v) is 5.89. The van der Waals surface area contributed by atoms with E-state index in [1.165, 1.54) is 11.8 Å². The Kier molecular flexibility index (Phi) is 13.7. The molecule has 4 heterocycles. The van der Waals surface area contributed by atoms with Gasteiger partial charge in [0.15, 0.2) is 17.5 Å². The van der Waals surface area contributed by atoms with Gasteiger partial charge in [-0.25, -0.2) is 4.98 Å². The van der Waals surface area contributed by atoms with Gasteiger partial charge in [-0.1, -0.05) is 37.7 Å². The Bertz CT molecular complexity index is 1390. The van der Waals surface area contributed by atoms with E-state index in [0.717, 1.165) is 16.8 Å². The zero-order valence-corrected chi connectivity index (χ0v) is 24.7. The monoisotopic (exact) mass is 595 g/mol. The van der Waals surface area contributed by atoms with Gasteiger partial charge in [0.05, 0.1) is 18.3 Å². The number of aromatic nitrogens is 10. The summed E-state index contributed by atoms with van der Waals surface area (Å²) in [6.07, 6.45) is 6.58. The molecule has 222 valence electrons. The number of pyridine rings is 2. The number of hydrogen-bond acceptors (Lipinski definition) is 14. The molecular weight excluding hydrogens is 562 g/mol. The van der Waals surface area contributed by atoms with Crippen LogP contribution in [0.1, 0.15) is 48.1 Å². The summed E-state index contributed by atoms with van der Waals surface area (Å²) in [4.78, 5) is 29.5. The molecule has 0 amide bonds. The standard InChI is InChI=1S/C13H15N5O2.C9H12N2O2.C4H6N4S/c1-8(13(19)20)5-10-3-4-11(14-7-10)6-12-17-15-9(2)16-18-12;1-6(9(12)13)4-7-2-3-8(10)11-5-7;1-3-5-7-4(9-2)8-6-3/h3-4,7-8H,5-6H2,1-2H3,(H,19,20);2-3,5-6H,4H2,1H3,(H2,10,11)(H,12,13);1-2H3/t8-;6-;/m00./s1. The van der Waals surface area contributed by atoms with Gasteiger partial charge in [-0.3, -0.25) is 14.6 Å². The molecule has 0 aromatic carbocycles. The van der Waals surface area contributed by atoms with E-state index < -0.39 is 17.9 Å². The number of carboxylic acid groups (broad SMARTS) is 2. The van der Waals surface area contributed by atoms with Crippen molar-refractivity contribution in [2.24, 2.45) is 11.8 Å². The summed E-state index contributed by atoms with van der Waals surface area (Å²) in [5, 5.41) is 48.5. The lowest BCUT2D eigenvalue weighted by atomic mass is 10.0. The molecular formula is C26H33N11O4S. The molecule has 16 heteroatoms. The van der Waals surface area contributed by atoms with Gasteiger partial charge in [0.2, 0.25) is 5.16 Å². The molecule has 0 saturated heterocycles. The highest BCUT2D eigenvalue weighted by Gasteiger charge is 2.12. The van der Waals surface area contributed by atoms with Crippen LogP contribution in [0.5, 0.6) is 0 Å². The number of nitrogens with two attached hydrogens (primary N) is 1. The molecule has 0 saturated carbocycles. The van der Waals surface area contributed by atoms with Gasteiger partial charge in [0, 0.05) is 18.1 Å². The molecule has 0 unspecified atom stereocenters. The van der Waals surface area contributed by atoms with Crippen LogP contribution in [-0.2, 0) is 28.9 Å². The molecule has 0 radical (unpaired) electrons. The van der Waals surface area contributed by atoms with Gasteiger partial charge in [0.25, 0.3) is 0 Å². The first-order valence-electron chi connectivity index (χ1n) is 12.7. The molecule has 0 aliphatic rings. The highest BCUT2D eigenvalue weighted by atomic mass is 32.2. The first kappa shape index (κ1) is 33.5. The van der Waals surface area contributed by atoms with E-state index >= 15 is 0 Å². The second-order valence-electron chi connectivity index (χ2n) is 9.11. The van der Waals surface area contributed by atoms with Crippen LogP contribution >= 0.6 is 11.8 Å². The molecule has 4 N–H and O–H groups in total. The molecule has 0 spiro atoms. The lowest BCUT2D eigenvalue weighted by Gasteiger charge is -2.06. The van der Waals surface area contributed by atoms with E-state index in [1.807, 2.05) is 18.4 Å². The van der Waals surface area contributed by atoms with Gasteiger partial charge in [-0.2, -0.15) is 0 Å². The van der Waals surface area contributed by atoms with Crippen LogP contribution in [-0.4, -0.2) is 79.2 Å². The SMILES string of the molecule is CSc1nnc(C)nn1.C[C@@H](Cc1ccc(N)nc1)C(=O)O.Cc1nnc(Cc2ccc(C[C@H](C)C(=O)O)cn2)nn1. The normalized spacial score (nSPS) is 11.6. The molecule has 0 fully saturated rings. The van der Waals surface area contributed by atoms with E-state index in [0.29, 0.717) is 47.7 Å². The van der Waals surface area contributed by atoms with Gasteiger partial charge >= 0.3 is 11.9 Å². The van der Waals surface area contributed by atoms with Crippen LogP contribution < -0.4 is 5.73 Å². The first-order valence-corrected chi connectivity index (χ1v) is 13.9. The van der Waals surface area contributed by atoms with E-state index in [9.17, 15) is 9.59 Å². The summed E-state index contributed by atoms with van der Waals surface area (Å²) in [5.74, 6) is -0.313. The van der Waals surface area contributed by atoms with Crippen LogP contribution in [0, 0.1) is 25.7 Å². The van der Waals surface area contributed by atoms with Crippen molar-refractivity contribution in [3.63, 3.8) is 0 Å². The van der Waals surface area contributed by atoms with Gasteiger partial charge in [-0.15, -0.1) is 40.8 Å². The third kappa shape index (κ3) is 12.6. The van der Waals surface area contributed by atoms with Crippen LogP contribution in [0.15, 0.2) is 41.8 Å². The van der Waals surface area contributed by atoms with Crippen LogP contribution in [0.25, 0.3) is 0 Å². The van der Waals surface area contributed by atoms with Gasteiger partial charge < -0.3 is 15.9 Å². The topological polar surface area (TPSA) is 230 Å². The quantitative estimate of drug-likeness (QED) is 0.235. The maximum Gasteiger partial charge on any atom is 0.306 e. The average Bonchev–Trinajstić information content (AvgIpc) is 2.97. The zero-order chi connectivity index (χ0) is 31.1. The maximum absolute atomic E-state index is 10.8. The van der Waals surface area contributed by atoms with Crippen molar-refractivity contribution in [1.29, 1.82) is 0 Å². The lowest BCUT2D eigenvalue weighted by molar-refractivity contribution is -0.142. The molecule has 0 aliphatic carbocycles. The van der Waals surface area contributed by atoms with Crippen molar-refractivity contribution < 1.29 is 19.8 Å². The number of rotatable bonds is 9. The molecule has 0 aliphatic heterocycles. The zero-order valence-electron chi connectivity index (χ0n) is 23.9. The molecule has 15 nitrogen and oxygen atoms in total. The lowest BCUT2D eigenvalue weighted by Crippen LogP contribution is -2.12. The van der Waals surface area contributed by atoms with Gasteiger partial charge in [0.1, 0.15) is 5.82 Å². The summed E-state index contributed by atoms with van der Waals surface area (Å²) in [7, 11) is 0. The minimum absolute atomic E-state index is 0.384. The molecule has 4 rings (SSSR count). The minimum atomic E-state index is -0.806. The summed E-state index contributed by atoms with van der Waals surface area (Å²) >= 11 is 1.43. The van der Waals surface area contributed by atoms with Crippen molar-refractivity contribution >= 4 is 29.5 Å². The highest BCUT2D eigenvalue weighted by Crippen LogP contribution is 2.10. The third-order valence-electron chi connectivity index (χ3n) is 5.36. The Labute approximate surface area is 246 Å². The Morgan fingerprint density at radius 3 is 1.64 bits per heavy atom. The maximum atomic E-state index is 10.8. The number of aliphatic carboxylic acids is 2. The van der Waals surface area contributed by atoms with E-state index in [1.54, 1.807) is 52.2 Å². The smallest absolute Gasteiger partial charge is 0.306 e. The minimum Gasteiger partial charge on any atom is -0.481 e. The van der Waals surface area contributed by atoms with Crippen molar-refractivity contribution in [2.75, 3.05) is 12.0 Å². The summed E-state index contributed by atoms with van der Waals surface area (Å²) in [5.41, 5.74) is 7.97. The number of hydrogen-bond donors (Lipinski definition) is 3. The van der Waals surface area contributed by atoms with Crippen LogP contribution in [0.4, 0.5) is 5.82 Å². The molecule has 2 atom stereocenters. The molecule has 4 aromatic rings. The van der Waals surface area contributed by atoms with E-state index in [2.05, 4.69) is 50.8 Å². The fraction of sp³-hybridized carbons (Fsp3) is 0.385. The Hall–Kier alpha value is -4.73. The number of carbonyl (C=O) groups is 2. The predicted molar refractivity (Wildman–Crippen MR) is 153 cm³/mol. The van der Waals surface area contributed by atoms with Crippen molar-refractivity contribution in [3.8, 4) is 0 Å². The number of nitrogens with zero attached hydrogens (tertiary/aromatic N) is 10. The Morgan fingerprint density at radius 2 is 1.24 bits per heavy atom. The molecule has 0 bridgehead atoms. The molecule has 42 heavy (non-hydrogen) atoms. The number of aryl methyl sites for hydroxylation is 2. The van der Waals surface area contributed by atoms with E-state index in [-0.39, 0.29) is 5.92 Å². The van der Waals surface area contributed by atoms with Gasteiger partial charge in [-0.05, 0) is 56.2 Å². The number of thioether (sulfide) groups is 1. The summed E-state index contributed by atoms with van der Waals surface area (Å²) in [6.45, 7) is 6.82. The highest BCUT2D eigenvalue weighted by molar-refractivity contribution is 7.98. The largest absolute Gasteiger partial charge is 0.481 e.